The van der Waals surface area contributed by atoms with Crippen molar-refractivity contribution in [1.29, 1.82) is 0 Å². The smallest absolute Gasteiger partial charge is 0.338 e. The summed E-state index contributed by atoms with van der Waals surface area (Å²) >= 11 is 1.55. The van der Waals surface area contributed by atoms with Crippen molar-refractivity contribution in [2.24, 2.45) is 0 Å². The van der Waals surface area contributed by atoms with Crippen LogP contribution >= 0.6 is 11.3 Å². The zero-order chi connectivity index (χ0) is 25.2. The molecule has 1 aliphatic rings. The minimum atomic E-state index is -4.45. The lowest BCUT2D eigenvalue weighted by atomic mass is 9.99. The van der Waals surface area contributed by atoms with Crippen LogP contribution in [0.2, 0.25) is 0 Å². The molecule has 0 bridgehead atoms. The van der Waals surface area contributed by atoms with Crippen molar-refractivity contribution in [3.63, 3.8) is 0 Å². The average Bonchev–Trinajstić information content (AvgIpc) is 3.26. The fraction of sp³-hybridized carbons (Fsp3) is 0.520. The van der Waals surface area contributed by atoms with Crippen LogP contribution in [0.1, 0.15) is 66.4 Å². The van der Waals surface area contributed by atoms with Gasteiger partial charge in [-0.3, -0.25) is 4.79 Å². The van der Waals surface area contributed by atoms with Crippen LogP contribution in [0, 0.1) is 6.92 Å². The lowest BCUT2D eigenvalue weighted by Gasteiger charge is -2.43. The number of urea groups is 1. The topological polar surface area (TPSA) is 43.9 Å². The molecule has 0 spiro atoms. The van der Waals surface area contributed by atoms with E-state index in [1.54, 1.807) is 41.2 Å². The Hall–Kier alpha value is -2.55. The Morgan fingerprint density at radius 3 is 2.47 bits per heavy atom. The van der Waals surface area contributed by atoms with Crippen LogP contribution in [-0.4, -0.2) is 53.3 Å². The Balaban J connectivity index is 1.90. The van der Waals surface area contributed by atoms with Crippen LogP contribution in [0.15, 0.2) is 29.6 Å². The van der Waals surface area contributed by atoms with Gasteiger partial charge in [-0.05, 0) is 60.5 Å². The Labute approximate surface area is 203 Å². The van der Waals surface area contributed by atoms with Gasteiger partial charge in [-0.25, -0.2) is 4.79 Å². The molecule has 2 atom stereocenters. The standard InChI is InChI=1S/C25H32F3N3O2S/c1-6-18-12-19(14-20(13-18)25(26,27)28)17(4)29(5)24(33)31-10-9-30(22(32)7-2)15-21(31)23-16(3)8-11-34-23/h8,11-14,17,21H,6-7,9-10,15H2,1-5H3. The van der Waals surface area contributed by atoms with Gasteiger partial charge in [0.1, 0.15) is 0 Å². The predicted octanol–water partition coefficient (Wildman–Crippen LogP) is 6.05. The number of hydrogen-bond acceptors (Lipinski definition) is 3. The Kier molecular flexibility index (Phi) is 7.95. The minimum absolute atomic E-state index is 0.0455. The van der Waals surface area contributed by atoms with Crippen LogP contribution < -0.4 is 0 Å². The summed E-state index contributed by atoms with van der Waals surface area (Å²) in [5.74, 6) is 0.0455. The van der Waals surface area contributed by atoms with E-state index in [4.69, 9.17) is 0 Å². The Bertz CT molecular complexity index is 1040. The number of amides is 3. The number of nitrogens with zero attached hydrogens (tertiary/aromatic N) is 3. The van der Waals surface area contributed by atoms with E-state index in [0.29, 0.717) is 43.6 Å². The molecule has 0 aliphatic carbocycles. The van der Waals surface area contributed by atoms with Gasteiger partial charge in [0, 0.05) is 38.0 Å². The molecule has 2 heterocycles. The zero-order valence-corrected chi connectivity index (χ0v) is 21.1. The van der Waals surface area contributed by atoms with Gasteiger partial charge < -0.3 is 14.7 Å². The van der Waals surface area contributed by atoms with Gasteiger partial charge >= 0.3 is 12.2 Å². The second-order valence-corrected chi connectivity index (χ2v) is 9.70. The molecule has 0 N–H and O–H groups in total. The third-order valence-electron chi connectivity index (χ3n) is 6.60. The van der Waals surface area contributed by atoms with Crippen LogP contribution in [0.25, 0.3) is 0 Å². The van der Waals surface area contributed by atoms with Crippen LogP contribution in [0.5, 0.6) is 0 Å². The molecule has 2 unspecified atom stereocenters. The fourth-order valence-electron chi connectivity index (χ4n) is 4.33. The number of piperazine rings is 1. The van der Waals surface area contributed by atoms with Crippen molar-refractivity contribution in [2.45, 2.75) is 58.8 Å². The quantitative estimate of drug-likeness (QED) is 0.507. The number of aryl methyl sites for hydroxylation is 2. The molecule has 3 rings (SSSR count). The normalized spacial score (nSPS) is 17.6. The molecule has 1 saturated heterocycles. The second kappa shape index (κ2) is 10.4. The molecule has 5 nitrogen and oxygen atoms in total. The molecular weight excluding hydrogens is 463 g/mol. The monoisotopic (exact) mass is 495 g/mol. The van der Waals surface area contributed by atoms with E-state index < -0.39 is 17.8 Å². The molecule has 1 aliphatic heterocycles. The number of hydrogen-bond donors (Lipinski definition) is 0. The Morgan fingerprint density at radius 2 is 1.91 bits per heavy atom. The highest BCUT2D eigenvalue weighted by Gasteiger charge is 2.37. The molecular formula is C25H32F3N3O2S. The molecule has 0 saturated carbocycles. The van der Waals surface area contributed by atoms with Crippen molar-refractivity contribution in [3.8, 4) is 0 Å². The molecule has 9 heteroatoms. The molecule has 1 fully saturated rings. The maximum absolute atomic E-state index is 13.6. The van der Waals surface area contributed by atoms with Gasteiger partial charge in [-0.1, -0.05) is 19.9 Å². The largest absolute Gasteiger partial charge is 0.416 e. The highest BCUT2D eigenvalue weighted by Crippen LogP contribution is 2.36. The zero-order valence-electron chi connectivity index (χ0n) is 20.3. The molecule has 186 valence electrons. The lowest BCUT2D eigenvalue weighted by Crippen LogP contribution is -2.55. The first-order chi connectivity index (χ1) is 16.0. The summed E-state index contributed by atoms with van der Waals surface area (Å²) in [5, 5.41) is 1.97. The van der Waals surface area contributed by atoms with Crippen LogP contribution in [-0.2, 0) is 17.4 Å². The van der Waals surface area contributed by atoms with Gasteiger partial charge in [-0.2, -0.15) is 13.2 Å². The molecule has 0 radical (unpaired) electrons. The van der Waals surface area contributed by atoms with E-state index in [9.17, 15) is 22.8 Å². The van der Waals surface area contributed by atoms with Gasteiger partial charge in [-0.15, -0.1) is 11.3 Å². The van der Waals surface area contributed by atoms with E-state index in [2.05, 4.69) is 0 Å². The number of alkyl halides is 3. The first-order valence-electron chi connectivity index (χ1n) is 11.5. The number of benzene rings is 1. The second-order valence-electron chi connectivity index (χ2n) is 8.75. The van der Waals surface area contributed by atoms with E-state index in [-0.39, 0.29) is 18.0 Å². The lowest BCUT2D eigenvalue weighted by molar-refractivity contribution is -0.137. The molecule has 2 aromatic rings. The maximum atomic E-state index is 13.6. The van der Waals surface area contributed by atoms with Gasteiger partial charge in [0.15, 0.2) is 0 Å². The molecule has 3 amide bonds. The maximum Gasteiger partial charge on any atom is 0.416 e. The van der Waals surface area contributed by atoms with Crippen LogP contribution in [0.3, 0.4) is 0 Å². The van der Waals surface area contributed by atoms with E-state index in [1.165, 1.54) is 4.90 Å². The van der Waals surface area contributed by atoms with Crippen molar-refractivity contribution >= 4 is 23.3 Å². The number of rotatable bonds is 5. The first-order valence-corrected chi connectivity index (χ1v) is 12.4. The number of carbonyl (C=O) groups is 2. The predicted molar refractivity (Wildman–Crippen MR) is 128 cm³/mol. The van der Waals surface area contributed by atoms with Crippen LogP contribution in [0.4, 0.5) is 18.0 Å². The van der Waals surface area contributed by atoms with E-state index >= 15 is 0 Å². The summed E-state index contributed by atoms with van der Waals surface area (Å²) in [6, 6.07) is 4.92. The Morgan fingerprint density at radius 1 is 1.21 bits per heavy atom. The highest BCUT2D eigenvalue weighted by molar-refractivity contribution is 7.10. The summed E-state index contributed by atoms with van der Waals surface area (Å²) in [5.41, 5.74) is 1.38. The summed E-state index contributed by atoms with van der Waals surface area (Å²) in [4.78, 5) is 32.1. The van der Waals surface area contributed by atoms with Crippen molar-refractivity contribution in [3.05, 3.63) is 56.8 Å². The highest BCUT2D eigenvalue weighted by atomic mass is 32.1. The third-order valence-corrected chi connectivity index (χ3v) is 7.72. The van der Waals surface area contributed by atoms with Gasteiger partial charge in [0.25, 0.3) is 0 Å². The van der Waals surface area contributed by atoms with Gasteiger partial charge in [0.05, 0.1) is 17.6 Å². The van der Waals surface area contributed by atoms with Gasteiger partial charge in [0.2, 0.25) is 5.91 Å². The van der Waals surface area contributed by atoms with Crippen molar-refractivity contribution in [2.75, 3.05) is 26.7 Å². The average molecular weight is 496 g/mol. The van der Waals surface area contributed by atoms with Crippen molar-refractivity contribution in [1.82, 2.24) is 14.7 Å². The number of halogens is 3. The summed E-state index contributed by atoms with van der Waals surface area (Å²) in [6.45, 7) is 8.57. The summed E-state index contributed by atoms with van der Waals surface area (Å²) in [7, 11) is 1.63. The van der Waals surface area contributed by atoms with E-state index in [0.717, 1.165) is 22.6 Å². The number of thiophene rings is 1. The first kappa shape index (κ1) is 26.1. The molecule has 1 aromatic heterocycles. The summed E-state index contributed by atoms with van der Waals surface area (Å²) < 4.78 is 40.4. The minimum Gasteiger partial charge on any atom is -0.338 e. The SMILES string of the molecule is CCC(=O)N1CCN(C(=O)N(C)C(C)c2cc(CC)cc(C(F)(F)F)c2)C(c2sccc2C)C1. The third kappa shape index (κ3) is 5.40. The molecule has 34 heavy (non-hydrogen) atoms. The molecule has 1 aromatic carbocycles. The van der Waals surface area contributed by atoms with Crippen molar-refractivity contribution < 1.29 is 22.8 Å². The summed E-state index contributed by atoms with van der Waals surface area (Å²) in [6.07, 6.45) is -3.59. The number of carbonyl (C=O) groups excluding carboxylic acids is 2. The fourth-order valence-corrected chi connectivity index (χ4v) is 5.36. The van der Waals surface area contributed by atoms with E-state index in [1.807, 2.05) is 32.2 Å².